The van der Waals surface area contributed by atoms with Gasteiger partial charge < -0.3 is 10.7 Å². The first-order chi connectivity index (χ1) is 6.27. The van der Waals surface area contributed by atoms with E-state index in [9.17, 15) is 0 Å². The number of hydrogen-bond donors (Lipinski definition) is 2. The molecule has 3 N–H and O–H groups in total. The molecule has 0 saturated heterocycles. The molecule has 0 fully saturated rings. The Labute approximate surface area is 79.8 Å². The van der Waals surface area contributed by atoms with E-state index in [2.05, 4.69) is 23.8 Å². The lowest BCUT2D eigenvalue weighted by Gasteiger charge is -2.12. The molecule has 1 heterocycles. The zero-order chi connectivity index (χ0) is 9.68. The van der Waals surface area contributed by atoms with E-state index in [1.165, 1.54) is 31.4 Å². The van der Waals surface area contributed by atoms with Crippen molar-refractivity contribution in [2.45, 2.75) is 45.4 Å². The maximum atomic E-state index is 5.54. The van der Waals surface area contributed by atoms with Crippen LogP contribution in [0.2, 0.25) is 0 Å². The molecule has 0 unspecified atom stereocenters. The fourth-order valence-corrected chi connectivity index (χ4v) is 1.71. The number of anilines is 1. The topological polar surface area (TPSA) is 54.7 Å². The average Bonchev–Trinajstić information content (AvgIpc) is 2.51. The van der Waals surface area contributed by atoms with Crippen molar-refractivity contribution in [1.29, 1.82) is 0 Å². The summed E-state index contributed by atoms with van der Waals surface area (Å²) in [6, 6.07) is 0. The second-order valence-corrected chi connectivity index (χ2v) is 3.50. The van der Waals surface area contributed by atoms with Gasteiger partial charge in [-0.3, -0.25) is 0 Å². The van der Waals surface area contributed by atoms with Gasteiger partial charge in [-0.05, 0) is 12.8 Å². The Morgan fingerprint density at radius 3 is 2.38 bits per heavy atom. The highest BCUT2D eigenvalue weighted by Gasteiger charge is 2.11. The Hall–Kier alpha value is -0.990. The highest BCUT2D eigenvalue weighted by Crippen LogP contribution is 2.24. The van der Waals surface area contributed by atoms with E-state index in [-0.39, 0.29) is 0 Å². The summed E-state index contributed by atoms with van der Waals surface area (Å²) in [4.78, 5) is 7.14. The number of nitrogens with zero attached hydrogens (tertiary/aromatic N) is 1. The third kappa shape index (κ3) is 2.76. The first-order valence-corrected chi connectivity index (χ1v) is 5.08. The summed E-state index contributed by atoms with van der Waals surface area (Å²) in [5, 5.41) is 0. The molecule has 0 aliphatic rings. The van der Waals surface area contributed by atoms with Gasteiger partial charge in [0.05, 0.1) is 6.20 Å². The molecule has 1 aromatic heterocycles. The van der Waals surface area contributed by atoms with Crippen LogP contribution in [0.15, 0.2) is 6.20 Å². The zero-order valence-electron chi connectivity index (χ0n) is 8.51. The van der Waals surface area contributed by atoms with Crippen molar-refractivity contribution in [3.63, 3.8) is 0 Å². The number of nitrogens with one attached hydrogen (secondary N) is 1. The average molecular weight is 181 g/mol. The molecular weight excluding hydrogens is 162 g/mol. The monoisotopic (exact) mass is 181 g/mol. The molecule has 0 aromatic carbocycles. The fourth-order valence-electron chi connectivity index (χ4n) is 1.71. The van der Waals surface area contributed by atoms with Gasteiger partial charge in [0.25, 0.3) is 0 Å². The van der Waals surface area contributed by atoms with E-state index in [1.807, 2.05) is 6.20 Å². The molecule has 0 atom stereocenters. The van der Waals surface area contributed by atoms with Crippen LogP contribution in [0.3, 0.4) is 0 Å². The first-order valence-electron chi connectivity index (χ1n) is 5.08. The molecule has 0 bridgehead atoms. The van der Waals surface area contributed by atoms with Crippen LogP contribution in [0.5, 0.6) is 0 Å². The molecule has 1 rings (SSSR count). The molecule has 0 aliphatic heterocycles. The zero-order valence-corrected chi connectivity index (χ0v) is 8.51. The minimum atomic E-state index is 0.534. The minimum absolute atomic E-state index is 0.534. The van der Waals surface area contributed by atoms with Crippen molar-refractivity contribution in [2.75, 3.05) is 5.73 Å². The van der Waals surface area contributed by atoms with Crippen LogP contribution in [0.4, 0.5) is 5.95 Å². The second kappa shape index (κ2) is 4.90. The molecule has 0 saturated carbocycles. The van der Waals surface area contributed by atoms with Crippen LogP contribution in [-0.4, -0.2) is 9.97 Å². The quantitative estimate of drug-likeness (QED) is 0.733. The molecule has 3 heteroatoms. The number of nitrogen functional groups attached to an aromatic ring is 1. The van der Waals surface area contributed by atoms with Crippen LogP contribution in [0, 0.1) is 0 Å². The number of H-pyrrole nitrogens is 1. The standard InChI is InChI=1S/C10H19N3/c1-3-5-8(6-4-2)9-7-12-10(11)13-9/h7-8H,3-6H2,1-2H3,(H3,11,12,13). The maximum Gasteiger partial charge on any atom is 0.197 e. The number of hydrogen-bond acceptors (Lipinski definition) is 2. The van der Waals surface area contributed by atoms with Crippen molar-refractivity contribution < 1.29 is 0 Å². The Morgan fingerprint density at radius 2 is 2.00 bits per heavy atom. The molecular formula is C10H19N3. The number of rotatable bonds is 5. The summed E-state index contributed by atoms with van der Waals surface area (Å²) in [6.07, 6.45) is 6.73. The van der Waals surface area contributed by atoms with E-state index >= 15 is 0 Å². The van der Waals surface area contributed by atoms with Gasteiger partial charge in [0.2, 0.25) is 0 Å². The maximum absolute atomic E-state index is 5.54. The minimum Gasteiger partial charge on any atom is -0.369 e. The van der Waals surface area contributed by atoms with E-state index in [0.29, 0.717) is 11.9 Å². The van der Waals surface area contributed by atoms with Gasteiger partial charge in [-0.2, -0.15) is 0 Å². The summed E-state index contributed by atoms with van der Waals surface area (Å²) in [6.45, 7) is 4.42. The molecule has 0 amide bonds. The number of aromatic nitrogens is 2. The van der Waals surface area contributed by atoms with Crippen LogP contribution in [-0.2, 0) is 0 Å². The molecule has 0 spiro atoms. The van der Waals surface area contributed by atoms with Crippen LogP contribution < -0.4 is 5.73 Å². The summed E-state index contributed by atoms with van der Waals surface area (Å²) in [7, 11) is 0. The largest absolute Gasteiger partial charge is 0.369 e. The Kier molecular flexibility index (Phi) is 3.80. The molecule has 0 radical (unpaired) electrons. The normalized spacial score (nSPS) is 11.0. The van der Waals surface area contributed by atoms with E-state index in [4.69, 9.17) is 5.73 Å². The molecule has 74 valence electrons. The highest BCUT2D eigenvalue weighted by molar-refractivity contribution is 5.20. The summed E-state index contributed by atoms with van der Waals surface area (Å²) in [5.41, 5.74) is 6.74. The fraction of sp³-hybridized carbons (Fsp3) is 0.700. The third-order valence-electron chi connectivity index (χ3n) is 2.33. The van der Waals surface area contributed by atoms with Crippen LogP contribution >= 0.6 is 0 Å². The van der Waals surface area contributed by atoms with Crippen molar-refractivity contribution in [1.82, 2.24) is 9.97 Å². The van der Waals surface area contributed by atoms with Gasteiger partial charge in [-0.1, -0.05) is 26.7 Å². The van der Waals surface area contributed by atoms with Gasteiger partial charge in [0.1, 0.15) is 0 Å². The lowest BCUT2D eigenvalue weighted by Crippen LogP contribution is -1.99. The van der Waals surface area contributed by atoms with Gasteiger partial charge >= 0.3 is 0 Å². The van der Waals surface area contributed by atoms with E-state index in [0.717, 1.165) is 0 Å². The SMILES string of the molecule is CCCC(CCC)c1cnc(N)[nH]1. The van der Waals surface area contributed by atoms with E-state index < -0.39 is 0 Å². The van der Waals surface area contributed by atoms with Gasteiger partial charge in [0, 0.05) is 11.6 Å². The van der Waals surface area contributed by atoms with Gasteiger partial charge in [-0.25, -0.2) is 4.98 Å². The summed E-state index contributed by atoms with van der Waals surface area (Å²) in [5.74, 6) is 1.15. The molecule has 0 aliphatic carbocycles. The smallest absolute Gasteiger partial charge is 0.197 e. The molecule has 3 nitrogen and oxygen atoms in total. The summed E-state index contributed by atoms with van der Waals surface area (Å²) >= 11 is 0. The predicted molar refractivity (Wildman–Crippen MR) is 55.6 cm³/mol. The first kappa shape index (κ1) is 10.1. The second-order valence-electron chi connectivity index (χ2n) is 3.50. The van der Waals surface area contributed by atoms with E-state index in [1.54, 1.807) is 0 Å². The number of imidazole rings is 1. The third-order valence-corrected chi connectivity index (χ3v) is 2.33. The highest BCUT2D eigenvalue weighted by atomic mass is 15.0. The van der Waals surface area contributed by atoms with Crippen LogP contribution in [0.1, 0.15) is 51.1 Å². The van der Waals surface area contributed by atoms with Crippen molar-refractivity contribution >= 4 is 5.95 Å². The predicted octanol–water partition coefficient (Wildman–Crippen LogP) is 2.68. The lowest BCUT2D eigenvalue weighted by atomic mass is 9.95. The van der Waals surface area contributed by atoms with Gasteiger partial charge in [-0.15, -0.1) is 0 Å². The van der Waals surface area contributed by atoms with Crippen molar-refractivity contribution in [3.05, 3.63) is 11.9 Å². The Morgan fingerprint density at radius 1 is 1.38 bits per heavy atom. The van der Waals surface area contributed by atoms with Crippen molar-refractivity contribution in [2.24, 2.45) is 0 Å². The number of nitrogens with two attached hydrogens (primary N) is 1. The Balaban J connectivity index is 2.63. The lowest BCUT2D eigenvalue weighted by molar-refractivity contribution is 0.550. The summed E-state index contributed by atoms with van der Waals surface area (Å²) < 4.78 is 0. The molecule has 1 aromatic rings. The van der Waals surface area contributed by atoms with Gasteiger partial charge in [0.15, 0.2) is 5.95 Å². The van der Waals surface area contributed by atoms with Crippen molar-refractivity contribution in [3.8, 4) is 0 Å². The molecule has 13 heavy (non-hydrogen) atoms. The Bertz CT molecular complexity index is 236. The number of aromatic amines is 1. The van der Waals surface area contributed by atoms with Crippen LogP contribution in [0.25, 0.3) is 0 Å².